The molecule has 0 aromatic heterocycles. The molecule has 2 aromatic rings. The summed E-state index contributed by atoms with van der Waals surface area (Å²) in [5.41, 5.74) is 6.30. The highest BCUT2D eigenvalue weighted by Gasteiger charge is 2.02. The Balaban J connectivity index is 2.23. The Labute approximate surface area is 109 Å². The molecule has 0 aliphatic carbocycles. The predicted octanol–water partition coefficient (Wildman–Crippen LogP) is 4.09. The van der Waals surface area contributed by atoms with Crippen LogP contribution in [0.25, 0.3) is 0 Å². The highest BCUT2D eigenvalue weighted by molar-refractivity contribution is 7.99. The van der Waals surface area contributed by atoms with Crippen molar-refractivity contribution < 1.29 is 4.39 Å². The molecule has 88 valence electrons. The highest BCUT2D eigenvalue weighted by atomic mass is 35.5. The summed E-state index contributed by atoms with van der Waals surface area (Å²) >= 11 is 7.29. The topological polar surface area (TPSA) is 26.0 Å². The average molecular weight is 268 g/mol. The zero-order chi connectivity index (χ0) is 12.3. The van der Waals surface area contributed by atoms with Gasteiger partial charge in [0.2, 0.25) is 0 Å². The normalized spacial score (nSPS) is 10.5. The van der Waals surface area contributed by atoms with E-state index in [2.05, 4.69) is 0 Å². The first kappa shape index (κ1) is 12.4. The van der Waals surface area contributed by atoms with E-state index in [-0.39, 0.29) is 5.82 Å². The Morgan fingerprint density at radius 2 is 1.76 bits per heavy atom. The molecular formula is C13H11ClFNS. The first-order valence-corrected chi connectivity index (χ1v) is 6.30. The van der Waals surface area contributed by atoms with Crippen molar-refractivity contribution in [3.8, 4) is 0 Å². The molecule has 17 heavy (non-hydrogen) atoms. The number of nitrogens with two attached hydrogens (primary N) is 1. The molecule has 0 unspecified atom stereocenters. The van der Waals surface area contributed by atoms with Gasteiger partial charge in [-0.3, -0.25) is 0 Å². The van der Waals surface area contributed by atoms with Crippen molar-refractivity contribution in [3.63, 3.8) is 0 Å². The maximum absolute atomic E-state index is 13.3. The van der Waals surface area contributed by atoms with E-state index in [4.69, 9.17) is 17.3 Å². The van der Waals surface area contributed by atoms with Crippen molar-refractivity contribution >= 4 is 23.4 Å². The zero-order valence-corrected chi connectivity index (χ0v) is 10.6. The fourth-order valence-corrected chi connectivity index (χ4v) is 2.49. The van der Waals surface area contributed by atoms with Crippen molar-refractivity contribution in [1.82, 2.24) is 0 Å². The van der Waals surface area contributed by atoms with Crippen LogP contribution in [0.2, 0.25) is 5.02 Å². The van der Waals surface area contributed by atoms with Crippen molar-refractivity contribution in [2.75, 3.05) is 0 Å². The van der Waals surface area contributed by atoms with Gasteiger partial charge in [0.1, 0.15) is 5.82 Å². The van der Waals surface area contributed by atoms with E-state index < -0.39 is 0 Å². The molecule has 0 heterocycles. The Hall–Kier alpha value is -1.03. The molecule has 0 radical (unpaired) electrons. The Kier molecular flexibility index (Phi) is 4.05. The van der Waals surface area contributed by atoms with Gasteiger partial charge in [-0.15, -0.1) is 0 Å². The lowest BCUT2D eigenvalue weighted by molar-refractivity contribution is 0.621. The van der Waals surface area contributed by atoms with E-state index in [0.717, 1.165) is 15.4 Å². The van der Waals surface area contributed by atoms with Crippen LogP contribution in [0.3, 0.4) is 0 Å². The van der Waals surface area contributed by atoms with Crippen LogP contribution in [0.1, 0.15) is 5.56 Å². The first-order chi connectivity index (χ1) is 8.17. The lowest BCUT2D eigenvalue weighted by atomic mass is 10.2. The molecule has 0 saturated heterocycles. The lowest BCUT2D eigenvalue weighted by Gasteiger charge is -2.04. The summed E-state index contributed by atoms with van der Waals surface area (Å²) in [6.45, 7) is 0.339. The number of hydrogen-bond acceptors (Lipinski definition) is 2. The largest absolute Gasteiger partial charge is 0.326 e. The van der Waals surface area contributed by atoms with Gasteiger partial charge in [0.05, 0.1) is 0 Å². The van der Waals surface area contributed by atoms with Crippen LogP contribution in [0.15, 0.2) is 52.3 Å². The molecule has 0 aliphatic rings. The van der Waals surface area contributed by atoms with Gasteiger partial charge < -0.3 is 5.73 Å². The summed E-state index contributed by atoms with van der Waals surface area (Å²) in [6.07, 6.45) is 0. The second-order valence-corrected chi connectivity index (χ2v) is 5.14. The average Bonchev–Trinajstić information content (AvgIpc) is 2.31. The third-order valence-corrected chi connectivity index (χ3v) is 3.45. The van der Waals surface area contributed by atoms with E-state index in [1.165, 1.54) is 23.9 Å². The van der Waals surface area contributed by atoms with E-state index in [9.17, 15) is 4.39 Å². The van der Waals surface area contributed by atoms with Gasteiger partial charge in [0.25, 0.3) is 0 Å². The van der Waals surface area contributed by atoms with Crippen molar-refractivity contribution in [3.05, 3.63) is 58.9 Å². The molecule has 0 saturated carbocycles. The summed E-state index contributed by atoms with van der Waals surface area (Å²) in [6, 6.07) is 12.3. The molecule has 0 bridgehead atoms. The second-order valence-electron chi connectivity index (χ2n) is 3.56. The maximum atomic E-state index is 13.3. The Morgan fingerprint density at radius 1 is 1.06 bits per heavy atom. The van der Waals surface area contributed by atoms with Crippen LogP contribution >= 0.6 is 23.4 Å². The molecule has 4 heteroatoms. The van der Waals surface area contributed by atoms with Crippen LogP contribution < -0.4 is 5.73 Å². The van der Waals surface area contributed by atoms with Crippen molar-refractivity contribution in [2.24, 2.45) is 5.73 Å². The minimum atomic E-state index is -0.260. The number of rotatable bonds is 3. The van der Waals surface area contributed by atoms with Crippen LogP contribution in [0.4, 0.5) is 4.39 Å². The quantitative estimate of drug-likeness (QED) is 0.906. The molecule has 0 atom stereocenters. The highest BCUT2D eigenvalue weighted by Crippen LogP contribution is 2.29. The lowest BCUT2D eigenvalue weighted by Crippen LogP contribution is -1.96. The van der Waals surface area contributed by atoms with Gasteiger partial charge >= 0.3 is 0 Å². The minimum absolute atomic E-state index is 0.260. The van der Waals surface area contributed by atoms with Gasteiger partial charge in [-0.05, 0) is 48.0 Å². The minimum Gasteiger partial charge on any atom is -0.326 e. The van der Waals surface area contributed by atoms with E-state index in [1.54, 1.807) is 0 Å². The van der Waals surface area contributed by atoms with Gasteiger partial charge in [-0.25, -0.2) is 4.39 Å². The molecule has 2 N–H and O–H groups in total. The molecule has 0 spiro atoms. The molecular weight excluding hydrogens is 257 g/mol. The van der Waals surface area contributed by atoms with Crippen LogP contribution in [0, 0.1) is 5.82 Å². The summed E-state index contributed by atoms with van der Waals surface area (Å²) in [4.78, 5) is 1.86. The number of halogens is 2. The van der Waals surface area contributed by atoms with Crippen molar-refractivity contribution in [1.29, 1.82) is 0 Å². The summed E-state index contributed by atoms with van der Waals surface area (Å²) in [7, 11) is 0. The zero-order valence-electron chi connectivity index (χ0n) is 8.99. The Morgan fingerprint density at radius 3 is 2.41 bits per heavy atom. The molecule has 0 aliphatic heterocycles. The van der Waals surface area contributed by atoms with Gasteiger partial charge in [-0.2, -0.15) is 0 Å². The molecule has 1 nitrogen and oxygen atoms in total. The van der Waals surface area contributed by atoms with Crippen LogP contribution in [-0.2, 0) is 6.54 Å². The standard InChI is InChI=1S/C13H11ClFNS/c14-10-1-3-12(4-2-10)17-13-6-9(8-16)5-11(15)7-13/h1-7H,8,16H2. The molecule has 2 aromatic carbocycles. The van der Waals surface area contributed by atoms with Crippen LogP contribution in [-0.4, -0.2) is 0 Å². The SMILES string of the molecule is NCc1cc(F)cc(Sc2ccc(Cl)cc2)c1. The summed E-state index contributed by atoms with van der Waals surface area (Å²) in [5, 5.41) is 0.691. The first-order valence-electron chi connectivity index (χ1n) is 5.10. The van der Waals surface area contributed by atoms with Gasteiger partial charge in [0.15, 0.2) is 0 Å². The van der Waals surface area contributed by atoms with Crippen LogP contribution in [0.5, 0.6) is 0 Å². The van der Waals surface area contributed by atoms with Gasteiger partial charge in [-0.1, -0.05) is 23.4 Å². The Bertz CT molecular complexity index is 513. The smallest absolute Gasteiger partial charge is 0.124 e. The molecule has 0 fully saturated rings. The van der Waals surface area contributed by atoms with Gasteiger partial charge in [0, 0.05) is 21.4 Å². The van der Waals surface area contributed by atoms with E-state index in [0.29, 0.717) is 11.6 Å². The predicted molar refractivity (Wildman–Crippen MR) is 69.9 cm³/mol. The molecule has 2 rings (SSSR count). The number of hydrogen-bond donors (Lipinski definition) is 1. The summed E-state index contributed by atoms with van der Waals surface area (Å²) in [5.74, 6) is -0.260. The monoisotopic (exact) mass is 267 g/mol. The fraction of sp³-hybridized carbons (Fsp3) is 0.0769. The maximum Gasteiger partial charge on any atom is 0.124 e. The number of benzene rings is 2. The summed E-state index contributed by atoms with van der Waals surface area (Å²) < 4.78 is 13.3. The third kappa shape index (κ3) is 3.46. The third-order valence-electron chi connectivity index (χ3n) is 2.22. The van der Waals surface area contributed by atoms with E-state index >= 15 is 0 Å². The fourth-order valence-electron chi connectivity index (χ4n) is 1.44. The van der Waals surface area contributed by atoms with E-state index in [1.807, 2.05) is 30.3 Å². The van der Waals surface area contributed by atoms with Crippen molar-refractivity contribution in [2.45, 2.75) is 16.3 Å². The second kappa shape index (κ2) is 5.54. The molecule has 0 amide bonds.